The van der Waals surface area contributed by atoms with Gasteiger partial charge < -0.3 is 14.8 Å². The largest absolute Gasteiger partial charge is 0.497 e. The second-order valence-electron chi connectivity index (χ2n) is 5.43. The van der Waals surface area contributed by atoms with Crippen molar-refractivity contribution in [2.45, 2.75) is 12.8 Å². The van der Waals surface area contributed by atoms with Crippen molar-refractivity contribution in [3.05, 3.63) is 53.8 Å². The van der Waals surface area contributed by atoms with Crippen LogP contribution in [0.3, 0.4) is 0 Å². The third kappa shape index (κ3) is 6.10. The molecule has 8 heteroatoms. The van der Waals surface area contributed by atoms with E-state index in [9.17, 15) is 14.0 Å². The Bertz CT molecular complexity index is 839. The zero-order valence-corrected chi connectivity index (χ0v) is 15.0. The van der Waals surface area contributed by atoms with Gasteiger partial charge in [-0.1, -0.05) is 12.1 Å². The summed E-state index contributed by atoms with van der Waals surface area (Å²) >= 11 is 0. The van der Waals surface area contributed by atoms with Crippen LogP contribution in [-0.4, -0.2) is 32.2 Å². The molecule has 2 aromatic rings. The molecule has 7 nitrogen and oxygen atoms in total. The molecular weight excluding hydrogens is 353 g/mol. The summed E-state index contributed by atoms with van der Waals surface area (Å²) in [7, 11) is 3.06. The monoisotopic (exact) mass is 373 g/mol. The molecule has 0 aromatic heterocycles. The fourth-order valence-corrected chi connectivity index (χ4v) is 2.16. The number of carbonyl (C=O) groups excluding carboxylic acids is 2. The van der Waals surface area contributed by atoms with Gasteiger partial charge in [0.25, 0.3) is 0 Å². The normalized spacial score (nSPS) is 10.5. The SMILES string of the molecule is COc1ccc(C=NNC(=O)CCC(=O)Nc2ccccc2F)c(OC)c1. The van der Waals surface area contributed by atoms with Gasteiger partial charge in [0.15, 0.2) is 0 Å². The van der Waals surface area contributed by atoms with Crippen LogP contribution in [0.15, 0.2) is 47.6 Å². The van der Waals surface area contributed by atoms with Crippen LogP contribution in [0.5, 0.6) is 11.5 Å². The third-order valence-electron chi connectivity index (χ3n) is 3.56. The smallest absolute Gasteiger partial charge is 0.240 e. The highest BCUT2D eigenvalue weighted by Crippen LogP contribution is 2.23. The van der Waals surface area contributed by atoms with E-state index < -0.39 is 17.6 Å². The van der Waals surface area contributed by atoms with Crippen LogP contribution in [0.4, 0.5) is 10.1 Å². The van der Waals surface area contributed by atoms with Crippen LogP contribution in [0.25, 0.3) is 0 Å². The van der Waals surface area contributed by atoms with Crippen LogP contribution in [-0.2, 0) is 9.59 Å². The van der Waals surface area contributed by atoms with Crippen LogP contribution >= 0.6 is 0 Å². The quantitative estimate of drug-likeness (QED) is 0.550. The van der Waals surface area contributed by atoms with Gasteiger partial charge in [0.05, 0.1) is 26.1 Å². The van der Waals surface area contributed by atoms with Gasteiger partial charge >= 0.3 is 0 Å². The fraction of sp³-hybridized carbons (Fsp3) is 0.211. The summed E-state index contributed by atoms with van der Waals surface area (Å²) in [6.07, 6.45) is 1.24. The van der Waals surface area contributed by atoms with E-state index in [0.29, 0.717) is 17.1 Å². The van der Waals surface area contributed by atoms with Gasteiger partial charge in [0, 0.05) is 24.5 Å². The number of benzene rings is 2. The molecule has 0 unspecified atom stereocenters. The van der Waals surface area contributed by atoms with Crippen molar-refractivity contribution in [2.75, 3.05) is 19.5 Å². The average molecular weight is 373 g/mol. The van der Waals surface area contributed by atoms with E-state index in [1.54, 1.807) is 31.4 Å². The minimum atomic E-state index is -0.534. The van der Waals surface area contributed by atoms with Crippen molar-refractivity contribution in [2.24, 2.45) is 5.10 Å². The summed E-state index contributed by atoms with van der Waals surface area (Å²) in [6, 6.07) is 11.0. The second kappa shape index (κ2) is 9.91. The molecule has 0 radical (unpaired) electrons. The van der Waals surface area contributed by atoms with E-state index in [0.717, 1.165) is 0 Å². The molecule has 0 aliphatic rings. The maximum Gasteiger partial charge on any atom is 0.240 e. The maximum atomic E-state index is 13.5. The minimum absolute atomic E-state index is 0.0764. The van der Waals surface area contributed by atoms with E-state index in [4.69, 9.17) is 9.47 Å². The number of anilines is 1. The van der Waals surface area contributed by atoms with Crippen molar-refractivity contribution in [3.8, 4) is 11.5 Å². The first kappa shape index (κ1) is 19.9. The fourth-order valence-electron chi connectivity index (χ4n) is 2.16. The van der Waals surface area contributed by atoms with E-state index in [1.165, 1.54) is 31.5 Å². The Balaban J connectivity index is 1.81. The first-order valence-corrected chi connectivity index (χ1v) is 8.11. The molecule has 2 N–H and O–H groups in total. The lowest BCUT2D eigenvalue weighted by molar-refractivity contribution is -0.124. The number of methoxy groups -OCH3 is 2. The summed E-state index contributed by atoms with van der Waals surface area (Å²) < 4.78 is 23.8. The number of amides is 2. The van der Waals surface area contributed by atoms with Crippen LogP contribution in [0.1, 0.15) is 18.4 Å². The Kier molecular flexibility index (Phi) is 7.30. The standard InChI is InChI=1S/C19H20FN3O4/c1-26-14-8-7-13(17(11-14)27-2)12-21-23-19(25)10-9-18(24)22-16-6-4-3-5-15(16)20/h3-8,11-12H,9-10H2,1-2H3,(H,22,24)(H,23,25). The highest BCUT2D eigenvalue weighted by molar-refractivity contribution is 5.93. The van der Waals surface area contributed by atoms with Crippen LogP contribution in [0.2, 0.25) is 0 Å². The molecule has 0 bridgehead atoms. The number of carbonyl (C=O) groups is 2. The number of nitrogens with one attached hydrogen (secondary N) is 2. The number of para-hydroxylation sites is 1. The van der Waals surface area contributed by atoms with Gasteiger partial charge in [0.1, 0.15) is 17.3 Å². The zero-order valence-electron chi connectivity index (χ0n) is 15.0. The highest BCUT2D eigenvalue weighted by Gasteiger charge is 2.09. The molecule has 0 spiro atoms. The van der Waals surface area contributed by atoms with Crippen molar-refractivity contribution < 1.29 is 23.5 Å². The number of nitrogens with zero attached hydrogens (tertiary/aromatic N) is 1. The molecule has 0 aliphatic carbocycles. The van der Waals surface area contributed by atoms with Gasteiger partial charge in [-0.2, -0.15) is 5.10 Å². The minimum Gasteiger partial charge on any atom is -0.497 e. The molecule has 27 heavy (non-hydrogen) atoms. The number of hydrazone groups is 1. The van der Waals surface area contributed by atoms with E-state index in [2.05, 4.69) is 15.8 Å². The second-order valence-corrected chi connectivity index (χ2v) is 5.43. The van der Waals surface area contributed by atoms with Gasteiger partial charge in [-0.3, -0.25) is 9.59 Å². The van der Waals surface area contributed by atoms with E-state index in [-0.39, 0.29) is 18.5 Å². The number of halogens is 1. The molecule has 0 atom stereocenters. The highest BCUT2D eigenvalue weighted by atomic mass is 19.1. The number of hydrogen-bond donors (Lipinski definition) is 2. The maximum absolute atomic E-state index is 13.5. The number of ether oxygens (including phenoxy) is 2. The lowest BCUT2D eigenvalue weighted by Crippen LogP contribution is -2.21. The van der Waals surface area contributed by atoms with Crippen molar-refractivity contribution in [3.63, 3.8) is 0 Å². The molecule has 2 amide bonds. The molecule has 0 saturated heterocycles. The number of hydrogen-bond acceptors (Lipinski definition) is 5. The third-order valence-corrected chi connectivity index (χ3v) is 3.56. The molecule has 142 valence electrons. The van der Waals surface area contributed by atoms with Crippen LogP contribution < -0.4 is 20.2 Å². The molecule has 0 heterocycles. The summed E-state index contributed by atoms with van der Waals surface area (Å²) in [5.41, 5.74) is 3.06. The topological polar surface area (TPSA) is 89.0 Å². The number of rotatable bonds is 8. The van der Waals surface area contributed by atoms with Gasteiger partial charge in [-0.15, -0.1) is 0 Å². The lowest BCUT2D eigenvalue weighted by atomic mass is 10.2. The van der Waals surface area contributed by atoms with Crippen molar-refractivity contribution >= 4 is 23.7 Å². The Morgan fingerprint density at radius 2 is 1.81 bits per heavy atom. The first-order valence-electron chi connectivity index (χ1n) is 8.11. The van der Waals surface area contributed by atoms with Crippen LogP contribution in [0, 0.1) is 5.82 Å². The molecule has 2 rings (SSSR count). The molecule has 2 aromatic carbocycles. The Morgan fingerprint density at radius 1 is 1.07 bits per heavy atom. The van der Waals surface area contributed by atoms with Gasteiger partial charge in [0.2, 0.25) is 11.8 Å². The molecule has 0 fully saturated rings. The first-order chi connectivity index (χ1) is 13.0. The van der Waals surface area contributed by atoms with Crippen molar-refractivity contribution in [1.29, 1.82) is 0 Å². The molecular formula is C19H20FN3O4. The molecule has 0 aliphatic heterocycles. The zero-order chi connectivity index (χ0) is 19.6. The lowest BCUT2D eigenvalue weighted by Gasteiger charge is -2.07. The Morgan fingerprint density at radius 3 is 2.52 bits per heavy atom. The summed E-state index contributed by atoms with van der Waals surface area (Å²) in [5, 5.41) is 6.26. The van der Waals surface area contributed by atoms with Gasteiger partial charge in [-0.05, 0) is 24.3 Å². The Hall–Kier alpha value is -3.42. The average Bonchev–Trinajstić information content (AvgIpc) is 2.68. The van der Waals surface area contributed by atoms with E-state index >= 15 is 0 Å². The Labute approximate surface area is 156 Å². The summed E-state index contributed by atoms with van der Waals surface area (Å²) in [6.45, 7) is 0. The van der Waals surface area contributed by atoms with Crippen molar-refractivity contribution in [1.82, 2.24) is 5.43 Å². The molecule has 0 saturated carbocycles. The summed E-state index contributed by atoms with van der Waals surface area (Å²) in [4.78, 5) is 23.6. The predicted octanol–water partition coefficient (Wildman–Crippen LogP) is 2.71. The van der Waals surface area contributed by atoms with Gasteiger partial charge in [-0.25, -0.2) is 9.82 Å². The van der Waals surface area contributed by atoms with E-state index in [1.807, 2.05) is 0 Å². The summed E-state index contributed by atoms with van der Waals surface area (Å²) in [5.74, 6) is -0.266. The predicted molar refractivity (Wildman–Crippen MR) is 99.5 cm³/mol.